The Kier molecular flexibility index (Phi) is 3.84. The average Bonchev–Trinajstić information content (AvgIpc) is 2.84. The molecule has 0 aromatic carbocycles. The van der Waals surface area contributed by atoms with Gasteiger partial charge < -0.3 is 30.3 Å². The van der Waals surface area contributed by atoms with Gasteiger partial charge in [0.05, 0.1) is 31.0 Å². The van der Waals surface area contributed by atoms with Gasteiger partial charge in [-0.15, -0.1) is 0 Å². The van der Waals surface area contributed by atoms with E-state index in [0.717, 1.165) is 0 Å². The van der Waals surface area contributed by atoms with Crippen LogP contribution < -0.4 is 4.90 Å². The second-order valence-corrected chi connectivity index (χ2v) is 4.21. The van der Waals surface area contributed by atoms with E-state index in [4.69, 9.17) is 5.11 Å². The first-order chi connectivity index (χ1) is 9.10. The van der Waals surface area contributed by atoms with Crippen molar-refractivity contribution in [1.29, 1.82) is 0 Å². The largest absolute Gasteiger partial charge is 0.492 e. The van der Waals surface area contributed by atoms with Gasteiger partial charge in [-0.25, -0.2) is 9.97 Å². The maximum Gasteiger partial charge on any atom is 0.239 e. The van der Waals surface area contributed by atoms with Gasteiger partial charge in [-0.05, 0) is 0 Å². The van der Waals surface area contributed by atoms with E-state index in [0.29, 0.717) is 16.7 Å². The third-order valence-electron chi connectivity index (χ3n) is 3.12. The van der Waals surface area contributed by atoms with Crippen LogP contribution in [0.1, 0.15) is 0 Å². The van der Waals surface area contributed by atoms with E-state index in [-0.39, 0.29) is 12.5 Å². The minimum Gasteiger partial charge on any atom is -0.492 e. The molecule has 0 radical (unpaired) electrons. The van der Waals surface area contributed by atoms with Crippen LogP contribution in [0.3, 0.4) is 0 Å². The Labute approximate surface area is 109 Å². The third-order valence-corrected chi connectivity index (χ3v) is 3.12. The number of likely N-dealkylation sites (N-methyl/N-ethyl adjacent to an activating group) is 1. The van der Waals surface area contributed by atoms with Crippen LogP contribution in [0.5, 0.6) is 5.88 Å². The van der Waals surface area contributed by atoms with Gasteiger partial charge in [0.15, 0.2) is 0 Å². The number of hydrogen-bond acceptors (Lipinski definition) is 7. The number of aromatic nitrogens is 3. The lowest BCUT2D eigenvalue weighted by atomic mass is 10.1. The fourth-order valence-corrected chi connectivity index (χ4v) is 1.98. The summed E-state index contributed by atoms with van der Waals surface area (Å²) < 4.78 is 0. The molecule has 0 aliphatic heterocycles. The number of rotatable bonds is 5. The summed E-state index contributed by atoms with van der Waals surface area (Å²) in [6.45, 7) is -0.792. The van der Waals surface area contributed by atoms with E-state index in [1.807, 2.05) is 0 Å². The summed E-state index contributed by atoms with van der Waals surface area (Å²) in [5.74, 6) is -0.173. The van der Waals surface area contributed by atoms with Crippen molar-refractivity contribution in [2.75, 3.05) is 25.2 Å². The van der Waals surface area contributed by atoms with Crippen LogP contribution in [0.15, 0.2) is 12.5 Å². The third kappa shape index (κ3) is 2.33. The number of H-pyrrole nitrogens is 1. The van der Waals surface area contributed by atoms with Crippen LogP contribution >= 0.6 is 0 Å². The first-order valence-corrected chi connectivity index (χ1v) is 5.73. The summed E-state index contributed by atoms with van der Waals surface area (Å²) in [4.78, 5) is 12.1. The van der Waals surface area contributed by atoms with Gasteiger partial charge in [0.1, 0.15) is 17.4 Å². The molecule has 0 fully saturated rings. The lowest BCUT2D eigenvalue weighted by Crippen LogP contribution is -2.45. The molecule has 0 aliphatic rings. The number of nitrogens with one attached hydrogen (secondary N) is 1. The van der Waals surface area contributed by atoms with E-state index in [2.05, 4.69) is 15.0 Å². The monoisotopic (exact) mass is 268 g/mol. The van der Waals surface area contributed by atoms with Gasteiger partial charge in [-0.2, -0.15) is 0 Å². The molecule has 0 saturated carbocycles. The molecule has 0 saturated heterocycles. The molecule has 0 aliphatic carbocycles. The predicted molar refractivity (Wildman–Crippen MR) is 67.9 cm³/mol. The normalized spacial score (nSPS) is 14.5. The summed E-state index contributed by atoms with van der Waals surface area (Å²) in [5, 5.41) is 37.5. The van der Waals surface area contributed by atoms with Crippen LogP contribution in [-0.2, 0) is 0 Å². The van der Waals surface area contributed by atoms with Crippen molar-refractivity contribution < 1.29 is 20.4 Å². The summed E-state index contributed by atoms with van der Waals surface area (Å²) in [6.07, 6.45) is 1.72. The van der Waals surface area contributed by atoms with Crippen LogP contribution in [0.4, 0.5) is 5.69 Å². The molecule has 2 aromatic rings. The van der Waals surface area contributed by atoms with Gasteiger partial charge in [-0.1, -0.05) is 0 Å². The van der Waals surface area contributed by atoms with Crippen LogP contribution in [0.2, 0.25) is 0 Å². The van der Waals surface area contributed by atoms with E-state index in [1.165, 1.54) is 6.33 Å². The highest BCUT2D eigenvalue weighted by atomic mass is 16.3. The molecule has 8 nitrogen and oxygen atoms in total. The van der Waals surface area contributed by atoms with E-state index in [1.54, 1.807) is 18.1 Å². The average molecular weight is 268 g/mol. The van der Waals surface area contributed by atoms with Crippen molar-refractivity contribution in [3.63, 3.8) is 0 Å². The fraction of sp³-hybridized carbons (Fsp3) is 0.455. The number of nitrogens with zero attached hydrogens (tertiary/aromatic N) is 3. The highest BCUT2D eigenvalue weighted by molar-refractivity contribution is 5.91. The van der Waals surface area contributed by atoms with Crippen LogP contribution in [-0.4, -0.2) is 67.8 Å². The molecule has 5 N–H and O–H groups in total. The number of anilines is 1. The Hall–Kier alpha value is -1.90. The van der Waals surface area contributed by atoms with Crippen molar-refractivity contribution in [2.24, 2.45) is 0 Å². The molecule has 2 rings (SSSR count). The van der Waals surface area contributed by atoms with Crippen molar-refractivity contribution >= 4 is 16.7 Å². The fourth-order valence-electron chi connectivity index (χ4n) is 1.98. The zero-order valence-corrected chi connectivity index (χ0v) is 10.4. The maximum atomic E-state index is 9.67. The van der Waals surface area contributed by atoms with Crippen molar-refractivity contribution in [3.8, 4) is 5.88 Å². The maximum absolute atomic E-state index is 9.67. The highest BCUT2D eigenvalue weighted by Gasteiger charge is 2.25. The molecule has 8 heteroatoms. The topological polar surface area (TPSA) is 126 Å². The van der Waals surface area contributed by atoms with Gasteiger partial charge in [0.25, 0.3) is 0 Å². The SMILES string of the molecule is CN(c1c[nH]c2c(O)ncnc12)[C@@H](CO)[C@@H](O)CO. The Morgan fingerprint density at radius 2 is 2.05 bits per heavy atom. The second-order valence-electron chi connectivity index (χ2n) is 4.21. The van der Waals surface area contributed by atoms with Gasteiger partial charge >= 0.3 is 0 Å². The Morgan fingerprint density at radius 1 is 1.32 bits per heavy atom. The zero-order valence-electron chi connectivity index (χ0n) is 10.4. The standard InChI is InChI=1S/C11H16N4O4/c1-15(7(3-16)8(18)4-17)6-2-12-10-9(6)13-5-14-11(10)19/h2,5,7-8,12,16-18H,3-4H2,1H3,(H,13,14,19)/t7-,8-/m0/s1. The Bertz CT molecular complexity index is 559. The Balaban J connectivity index is 2.41. The molecule has 0 bridgehead atoms. The van der Waals surface area contributed by atoms with Crippen LogP contribution in [0.25, 0.3) is 11.0 Å². The molecule has 2 aromatic heterocycles. The quantitative estimate of drug-likeness (QED) is 0.462. The summed E-state index contributed by atoms with van der Waals surface area (Å²) >= 11 is 0. The molecule has 0 spiro atoms. The van der Waals surface area contributed by atoms with Gasteiger partial charge in [0, 0.05) is 13.2 Å². The first-order valence-electron chi connectivity index (χ1n) is 5.73. The highest BCUT2D eigenvalue weighted by Crippen LogP contribution is 2.29. The molecule has 19 heavy (non-hydrogen) atoms. The second kappa shape index (κ2) is 5.39. The molecule has 0 amide bonds. The van der Waals surface area contributed by atoms with Crippen molar-refractivity contribution in [2.45, 2.75) is 12.1 Å². The van der Waals surface area contributed by atoms with E-state index < -0.39 is 18.8 Å². The molecule has 104 valence electrons. The van der Waals surface area contributed by atoms with Gasteiger partial charge in [0.2, 0.25) is 5.88 Å². The van der Waals surface area contributed by atoms with Gasteiger partial charge in [-0.3, -0.25) is 0 Å². The predicted octanol–water partition coefficient (Wildman–Crippen LogP) is -1.19. The lowest BCUT2D eigenvalue weighted by Gasteiger charge is -2.30. The minimum absolute atomic E-state index is 0.173. The molecular weight excluding hydrogens is 252 g/mol. The van der Waals surface area contributed by atoms with E-state index in [9.17, 15) is 15.3 Å². The number of aliphatic hydroxyl groups is 3. The number of aromatic amines is 1. The number of hydrogen-bond donors (Lipinski definition) is 5. The lowest BCUT2D eigenvalue weighted by molar-refractivity contribution is 0.0533. The molecule has 2 atom stereocenters. The summed E-state index contributed by atoms with van der Waals surface area (Å²) in [7, 11) is 1.65. The van der Waals surface area contributed by atoms with Crippen molar-refractivity contribution in [1.82, 2.24) is 15.0 Å². The number of aliphatic hydroxyl groups excluding tert-OH is 3. The van der Waals surface area contributed by atoms with Crippen LogP contribution in [0, 0.1) is 0 Å². The van der Waals surface area contributed by atoms with E-state index >= 15 is 0 Å². The summed E-state index contributed by atoms with van der Waals surface area (Å²) in [5.41, 5.74) is 1.43. The minimum atomic E-state index is -1.09. The molecule has 2 heterocycles. The number of aromatic hydroxyl groups is 1. The number of fused-ring (bicyclic) bond motifs is 1. The Morgan fingerprint density at radius 3 is 2.68 bits per heavy atom. The molecule has 0 unspecified atom stereocenters. The summed E-state index contributed by atoms with van der Waals surface area (Å²) in [6, 6.07) is -0.680. The first kappa shape index (κ1) is 13.5. The van der Waals surface area contributed by atoms with Crippen molar-refractivity contribution in [3.05, 3.63) is 12.5 Å². The zero-order chi connectivity index (χ0) is 14.0. The smallest absolute Gasteiger partial charge is 0.239 e. The molecular formula is C11H16N4O4.